The van der Waals surface area contributed by atoms with Gasteiger partial charge in [-0.2, -0.15) is 0 Å². The van der Waals surface area contributed by atoms with Gasteiger partial charge in [0.05, 0.1) is 7.11 Å². The van der Waals surface area contributed by atoms with E-state index >= 15 is 0 Å². The molecule has 0 saturated carbocycles. The number of carbonyl (C=O) groups is 1. The molecule has 0 bridgehead atoms. The van der Waals surface area contributed by atoms with E-state index in [2.05, 4.69) is 24.5 Å². The van der Waals surface area contributed by atoms with Gasteiger partial charge in [0.15, 0.2) is 0 Å². The zero-order valence-electron chi connectivity index (χ0n) is 12.0. The molecule has 4 heteroatoms. The Labute approximate surface area is 115 Å². The van der Waals surface area contributed by atoms with Crippen LogP contribution in [0.3, 0.4) is 0 Å². The van der Waals surface area contributed by atoms with Crippen molar-refractivity contribution in [3.63, 3.8) is 0 Å². The highest BCUT2D eigenvalue weighted by atomic mass is 16.5. The maximum atomic E-state index is 11.7. The van der Waals surface area contributed by atoms with Gasteiger partial charge in [0.2, 0.25) is 5.91 Å². The van der Waals surface area contributed by atoms with Crippen LogP contribution in [0.5, 0.6) is 5.75 Å². The molecule has 0 spiro atoms. The Morgan fingerprint density at radius 1 is 1.21 bits per heavy atom. The van der Waals surface area contributed by atoms with Crippen molar-refractivity contribution in [3.05, 3.63) is 24.3 Å². The van der Waals surface area contributed by atoms with E-state index in [1.54, 1.807) is 7.11 Å². The fourth-order valence-corrected chi connectivity index (χ4v) is 1.62. The monoisotopic (exact) mass is 264 g/mol. The van der Waals surface area contributed by atoms with E-state index in [0.717, 1.165) is 24.4 Å². The van der Waals surface area contributed by atoms with Crippen LogP contribution in [-0.4, -0.2) is 26.1 Å². The van der Waals surface area contributed by atoms with Crippen LogP contribution < -0.4 is 15.4 Å². The number of rotatable bonds is 8. The van der Waals surface area contributed by atoms with Crippen LogP contribution in [0.25, 0.3) is 0 Å². The van der Waals surface area contributed by atoms with Crippen molar-refractivity contribution in [2.45, 2.75) is 26.7 Å². The molecule has 0 atom stereocenters. The van der Waals surface area contributed by atoms with Crippen LogP contribution in [0.1, 0.15) is 26.7 Å². The molecule has 1 rings (SSSR count). The van der Waals surface area contributed by atoms with Gasteiger partial charge in [-0.1, -0.05) is 13.8 Å². The van der Waals surface area contributed by atoms with Crippen molar-refractivity contribution in [1.82, 2.24) is 5.32 Å². The Balaban J connectivity index is 2.19. The standard InChI is InChI=1S/C15H24N2O2/c1-12(2)8-10-16-11-9-15(18)17-13-4-6-14(19-3)7-5-13/h4-7,12,16H,8-11H2,1-3H3,(H,17,18). The van der Waals surface area contributed by atoms with Crippen LogP contribution in [0, 0.1) is 5.92 Å². The van der Waals surface area contributed by atoms with E-state index in [9.17, 15) is 4.79 Å². The maximum absolute atomic E-state index is 11.7. The second-order valence-electron chi connectivity index (χ2n) is 4.96. The van der Waals surface area contributed by atoms with Gasteiger partial charge in [0.25, 0.3) is 0 Å². The SMILES string of the molecule is COc1ccc(NC(=O)CCNCCC(C)C)cc1. The summed E-state index contributed by atoms with van der Waals surface area (Å²) in [5.41, 5.74) is 0.799. The minimum absolute atomic E-state index is 0.0298. The maximum Gasteiger partial charge on any atom is 0.225 e. The molecule has 0 fully saturated rings. The average molecular weight is 264 g/mol. The summed E-state index contributed by atoms with van der Waals surface area (Å²) in [6.07, 6.45) is 1.63. The summed E-state index contributed by atoms with van der Waals surface area (Å²) in [5, 5.41) is 6.13. The summed E-state index contributed by atoms with van der Waals surface area (Å²) in [6.45, 7) is 6.07. The third-order valence-electron chi connectivity index (χ3n) is 2.80. The lowest BCUT2D eigenvalue weighted by atomic mass is 10.1. The highest BCUT2D eigenvalue weighted by molar-refractivity contribution is 5.90. The summed E-state index contributed by atoms with van der Waals surface area (Å²) < 4.78 is 5.06. The summed E-state index contributed by atoms with van der Waals surface area (Å²) in [7, 11) is 1.62. The topological polar surface area (TPSA) is 50.4 Å². The molecule has 0 radical (unpaired) electrons. The van der Waals surface area contributed by atoms with Gasteiger partial charge < -0.3 is 15.4 Å². The number of anilines is 1. The Morgan fingerprint density at radius 3 is 2.47 bits per heavy atom. The van der Waals surface area contributed by atoms with E-state index in [1.165, 1.54) is 0 Å². The summed E-state index contributed by atoms with van der Waals surface area (Å²) >= 11 is 0. The first-order chi connectivity index (χ1) is 9.11. The van der Waals surface area contributed by atoms with Crippen LogP contribution in [-0.2, 0) is 4.79 Å². The van der Waals surface area contributed by atoms with E-state index in [1.807, 2.05) is 24.3 Å². The van der Waals surface area contributed by atoms with Gasteiger partial charge in [-0.05, 0) is 43.1 Å². The van der Waals surface area contributed by atoms with E-state index < -0.39 is 0 Å². The number of benzene rings is 1. The van der Waals surface area contributed by atoms with Gasteiger partial charge in [0, 0.05) is 18.7 Å². The molecule has 106 valence electrons. The molecule has 0 saturated heterocycles. The van der Waals surface area contributed by atoms with Crippen molar-refractivity contribution in [2.75, 3.05) is 25.5 Å². The van der Waals surface area contributed by atoms with Crippen LogP contribution in [0.2, 0.25) is 0 Å². The number of hydrogen-bond donors (Lipinski definition) is 2. The summed E-state index contributed by atoms with van der Waals surface area (Å²) in [5.74, 6) is 1.51. The zero-order valence-corrected chi connectivity index (χ0v) is 12.0. The summed E-state index contributed by atoms with van der Waals surface area (Å²) in [4.78, 5) is 11.7. The lowest BCUT2D eigenvalue weighted by molar-refractivity contribution is -0.116. The molecule has 0 aliphatic heterocycles. The first-order valence-corrected chi connectivity index (χ1v) is 6.76. The molecule has 1 aromatic rings. The first kappa shape index (κ1) is 15.5. The predicted molar refractivity (Wildman–Crippen MR) is 78.6 cm³/mol. The van der Waals surface area contributed by atoms with E-state index in [0.29, 0.717) is 18.9 Å². The zero-order chi connectivity index (χ0) is 14.1. The fraction of sp³-hybridized carbons (Fsp3) is 0.533. The van der Waals surface area contributed by atoms with Gasteiger partial charge in [0.1, 0.15) is 5.75 Å². The number of carbonyl (C=O) groups excluding carboxylic acids is 1. The highest BCUT2D eigenvalue weighted by Gasteiger charge is 2.02. The number of amides is 1. The first-order valence-electron chi connectivity index (χ1n) is 6.76. The molecule has 2 N–H and O–H groups in total. The lowest BCUT2D eigenvalue weighted by Crippen LogP contribution is -2.23. The predicted octanol–water partition coefficient (Wildman–Crippen LogP) is 2.66. The fourth-order valence-electron chi connectivity index (χ4n) is 1.62. The van der Waals surface area contributed by atoms with Crippen molar-refractivity contribution >= 4 is 11.6 Å². The molecule has 19 heavy (non-hydrogen) atoms. The second kappa shape index (κ2) is 8.53. The minimum Gasteiger partial charge on any atom is -0.497 e. The Hall–Kier alpha value is -1.55. The van der Waals surface area contributed by atoms with Crippen LogP contribution in [0.4, 0.5) is 5.69 Å². The largest absolute Gasteiger partial charge is 0.497 e. The number of nitrogens with one attached hydrogen (secondary N) is 2. The molecular formula is C15H24N2O2. The number of methoxy groups -OCH3 is 1. The normalized spacial score (nSPS) is 10.5. The van der Waals surface area contributed by atoms with Crippen molar-refractivity contribution in [1.29, 1.82) is 0 Å². The molecule has 0 unspecified atom stereocenters. The molecule has 0 aromatic heterocycles. The average Bonchev–Trinajstić information content (AvgIpc) is 2.39. The number of hydrogen-bond acceptors (Lipinski definition) is 3. The highest BCUT2D eigenvalue weighted by Crippen LogP contribution is 2.14. The minimum atomic E-state index is 0.0298. The molecule has 1 amide bonds. The molecule has 4 nitrogen and oxygen atoms in total. The molecule has 0 aliphatic rings. The quantitative estimate of drug-likeness (QED) is 0.710. The van der Waals surface area contributed by atoms with Gasteiger partial charge in [-0.15, -0.1) is 0 Å². The van der Waals surface area contributed by atoms with Gasteiger partial charge in [-0.3, -0.25) is 4.79 Å². The van der Waals surface area contributed by atoms with Crippen LogP contribution >= 0.6 is 0 Å². The third-order valence-corrected chi connectivity index (χ3v) is 2.80. The lowest BCUT2D eigenvalue weighted by Gasteiger charge is -2.08. The van der Waals surface area contributed by atoms with Gasteiger partial charge >= 0.3 is 0 Å². The summed E-state index contributed by atoms with van der Waals surface area (Å²) in [6, 6.07) is 7.33. The van der Waals surface area contributed by atoms with Crippen molar-refractivity contribution in [2.24, 2.45) is 5.92 Å². The Bertz CT molecular complexity index is 374. The Kier molecular flexibility index (Phi) is 6.97. The molecule has 0 aliphatic carbocycles. The molecule has 0 heterocycles. The number of ether oxygens (including phenoxy) is 1. The molecule has 1 aromatic carbocycles. The van der Waals surface area contributed by atoms with Gasteiger partial charge in [-0.25, -0.2) is 0 Å². The van der Waals surface area contributed by atoms with E-state index in [4.69, 9.17) is 4.74 Å². The third kappa shape index (κ3) is 6.82. The smallest absolute Gasteiger partial charge is 0.225 e. The van der Waals surface area contributed by atoms with Crippen molar-refractivity contribution < 1.29 is 9.53 Å². The van der Waals surface area contributed by atoms with Crippen LogP contribution in [0.15, 0.2) is 24.3 Å². The second-order valence-corrected chi connectivity index (χ2v) is 4.96. The Morgan fingerprint density at radius 2 is 1.89 bits per heavy atom. The van der Waals surface area contributed by atoms with E-state index in [-0.39, 0.29) is 5.91 Å². The van der Waals surface area contributed by atoms with Crippen molar-refractivity contribution in [3.8, 4) is 5.75 Å². The molecular weight excluding hydrogens is 240 g/mol.